The summed E-state index contributed by atoms with van der Waals surface area (Å²) in [7, 11) is 1.94. The van der Waals surface area contributed by atoms with Gasteiger partial charge >= 0.3 is 0 Å². The molecule has 0 unspecified atom stereocenters. The molecule has 6 rings (SSSR count). The molecule has 0 radical (unpaired) electrons. The topological polar surface area (TPSA) is 86.8 Å². The smallest absolute Gasteiger partial charge is 0.254 e. The van der Waals surface area contributed by atoms with E-state index >= 15 is 0 Å². The van der Waals surface area contributed by atoms with Crippen molar-refractivity contribution in [2.75, 3.05) is 11.9 Å². The Balaban J connectivity index is 1.37. The second-order valence-electron chi connectivity index (χ2n) is 10.0. The van der Waals surface area contributed by atoms with Gasteiger partial charge in [0.05, 0.1) is 11.6 Å². The highest BCUT2D eigenvalue weighted by atomic mass is 16.1. The Labute approximate surface area is 216 Å². The number of benzene rings is 1. The number of hydrogen-bond acceptors (Lipinski definition) is 5. The summed E-state index contributed by atoms with van der Waals surface area (Å²) in [6, 6.07) is 12.4. The zero-order chi connectivity index (χ0) is 25.5. The highest BCUT2D eigenvalue weighted by molar-refractivity contribution is 6.04. The quantitative estimate of drug-likeness (QED) is 0.487. The average Bonchev–Trinajstić information content (AvgIpc) is 3.85. The molecule has 2 aliphatic carbocycles. The van der Waals surface area contributed by atoms with Gasteiger partial charge in [-0.15, -0.1) is 0 Å². The van der Waals surface area contributed by atoms with Gasteiger partial charge in [-0.05, 0) is 72.7 Å². The minimum atomic E-state index is -0.145. The molecule has 7 nitrogen and oxygen atoms in total. The van der Waals surface area contributed by atoms with Crippen molar-refractivity contribution in [2.24, 2.45) is 7.05 Å². The van der Waals surface area contributed by atoms with Gasteiger partial charge in [0.25, 0.3) is 5.91 Å². The fourth-order valence-electron chi connectivity index (χ4n) is 4.84. The van der Waals surface area contributed by atoms with Crippen molar-refractivity contribution in [3.8, 4) is 28.6 Å². The van der Waals surface area contributed by atoms with Crippen LogP contribution in [0, 0.1) is 11.3 Å². The summed E-state index contributed by atoms with van der Waals surface area (Å²) in [5.41, 5.74) is 5.96. The van der Waals surface area contributed by atoms with Gasteiger partial charge in [0.2, 0.25) is 0 Å². The SMILES string of the molecule is C=CC1=CN(C2CC2)CC(C(=O)Nc2cc(-c3ccc(C#N)cc3-c3nccn3C)cc(C3CC3)n2)=C1. The molecule has 3 aromatic rings. The normalized spacial score (nSPS) is 17.0. The van der Waals surface area contributed by atoms with Crippen LogP contribution < -0.4 is 5.32 Å². The van der Waals surface area contributed by atoms with E-state index in [4.69, 9.17) is 4.98 Å². The zero-order valence-corrected chi connectivity index (χ0v) is 20.8. The zero-order valence-electron chi connectivity index (χ0n) is 20.8. The van der Waals surface area contributed by atoms with Gasteiger partial charge in [-0.1, -0.05) is 18.7 Å². The van der Waals surface area contributed by atoms with Crippen LogP contribution in [-0.4, -0.2) is 37.9 Å². The Kier molecular flexibility index (Phi) is 5.72. The summed E-state index contributed by atoms with van der Waals surface area (Å²) in [5, 5.41) is 12.6. The molecule has 2 saturated carbocycles. The van der Waals surface area contributed by atoms with Gasteiger partial charge in [0, 0.05) is 61.0 Å². The molecule has 1 N–H and O–H groups in total. The monoisotopic (exact) mass is 488 g/mol. The number of carbonyl (C=O) groups excluding carboxylic acids is 1. The number of amides is 1. The van der Waals surface area contributed by atoms with Crippen molar-refractivity contribution in [1.29, 1.82) is 5.26 Å². The first-order chi connectivity index (χ1) is 18.0. The third-order valence-corrected chi connectivity index (χ3v) is 7.16. The first-order valence-electron chi connectivity index (χ1n) is 12.7. The number of imidazole rings is 1. The maximum Gasteiger partial charge on any atom is 0.254 e. The van der Waals surface area contributed by atoms with Crippen molar-refractivity contribution in [3.05, 3.63) is 90.1 Å². The van der Waals surface area contributed by atoms with Crippen LogP contribution in [0.3, 0.4) is 0 Å². The van der Waals surface area contributed by atoms with Gasteiger partial charge < -0.3 is 14.8 Å². The maximum absolute atomic E-state index is 13.4. The molecule has 0 bridgehead atoms. The molecular formula is C30H28N6O. The van der Waals surface area contributed by atoms with Gasteiger partial charge in [-0.2, -0.15) is 5.26 Å². The molecule has 3 aliphatic rings. The van der Waals surface area contributed by atoms with Gasteiger partial charge in [0.1, 0.15) is 11.6 Å². The molecule has 0 saturated heterocycles. The molecule has 2 aromatic heterocycles. The molecule has 1 aromatic carbocycles. The van der Waals surface area contributed by atoms with E-state index in [0.29, 0.717) is 35.5 Å². The van der Waals surface area contributed by atoms with Gasteiger partial charge in [0.15, 0.2) is 0 Å². The van der Waals surface area contributed by atoms with Crippen molar-refractivity contribution in [2.45, 2.75) is 37.6 Å². The van der Waals surface area contributed by atoms with Crippen LogP contribution in [0.5, 0.6) is 0 Å². The number of hydrogen-bond donors (Lipinski definition) is 1. The predicted octanol–water partition coefficient (Wildman–Crippen LogP) is 5.31. The number of anilines is 1. The average molecular weight is 489 g/mol. The summed E-state index contributed by atoms with van der Waals surface area (Å²) < 4.78 is 1.94. The number of nitriles is 1. The number of aryl methyl sites for hydroxylation is 1. The number of nitrogens with zero attached hydrogens (tertiary/aromatic N) is 5. The Morgan fingerprint density at radius 2 is 2.03 bits per heavy atom. The molecule has 1 aliphatic heterocycles. The largest absolute Gasteiger partial charge is 0.369 e. The van der Waals surface area contributed by atoms with E-state index in [2.05, 4.69) is 40.1 Å². The molecular weight excluding hydrogens is 460 g/mol. The Morgan fingerprint density at radius 3 is 2.70 bits per heavy atom. The second-order valence-corrected chi connectivity index (χ2v) is 10.0. The molecule has 3 heterocycles. The molecule has 7 heteroatoms. The summed E-state index contributed by atoms with van der Waals surface area (Å²) in [4.78, 5) is 25.0. The van der Waals surface area contributed by atoms with Crippen LogP contribution in [0.15, 0.2) is 78.8 Å². The molecule has 1 amide bonds. The van der Waals surface area contributed by atoms with E-state index in [9.17, 15) is 10.1 Å². The number of aromatic nitrogens is 3. The lowest BCUT2D eigenvalue weighted by Crippen LogP contribution is -2.30. The van der Waals surface area contributed by atoms with Crippen molar-refractivity contribution in [3.63, 3.8) is 0 Å². The van der Waals surface area contributed by atoms with E-state index in [-0.39, 0.29) is 5.91 Å². The fraction of sp³-hybridized carbons (Fsp3) is 0.267. The van der Waals surface area contributed by atoms with E-state index in [1.165, 1.54) is 0 Å². The lowest BCUT2D eigenvalue weighted by molar-refractivity contribution is -0.113. The van der Waals surface area contributed by atoms with Crippen LogP contribution in [0.4, 0.5) is 5.82 Å². The number of allylic oxidation sites excluding steroid dienone is 3. The third kappa shape index (κ3) is 4.70. The molecule has 0 spiro atoms. The summed E-state index contributed by atoms with van der Waals surface area (Å²) in [6.45, 7) is 4.48. The van der Waals surface area contributed by atoms with E-state index in [0.717, 1.165) is 59.5 Å². The van der Waals surface area contributed by atoms with Crippen molar-refractivity contribution in [1.82, 2.24) is 19.4 Å². The number of pyridine rings is 1. The highest BCUT2D eigenvalue weighted by Crippen LogP contribution is 2.42. The van der Waals surface area contributed by atoms with Crippen LogP contribution in [0.2, 0.25) is 0 Å². The van der Waals surface area contributed by atoms with Crippen LogP contribution in [0.1, 0.15) is 42.9 Å². The molecule has 0 atom stereocenters. The molecule has 2 fully saturated rings. The predicted molar refractivity (Wildman–Crippen MR) is 143 cm³/mol. The summed E-state index contributed by atoms with van der Waals surface area (Å²) >= 11 is 0. The van der Waals surface area contributed by atoms with Crippen LogP contribution in [-0.2, 0) is 11.8 Å². The lowest BCUT2D eigenvalue weighted by Gasteiger charge is -2.26. The Bertz CT molecular complexity index is 1510. The van der Waals surface area contributed by atoms with E-state index in [1.54, 1.807) is 12.3 Å². The molecule has 184 valence electrons. The van der Waals surface area contributed by atoms with Gasteiger partial charge in [-0.25, -0.2) is 9.97 Å². The second kappa shape index (κ2) is 9.21. The standard InChI is InChI=1S/C30H28N6O/c1-3-19-12-23(18-36(17-19)24-7-8-24)30(37)34-28-15-22(14-27(33-28)21-5-6-21)25-9-4-20(16-31)13-26(25)29-32-10-11-35(29)2/h3-4,9-15,17,21,24H,1,5-8,18H2,2H3,(H,33,34,37). The molecule has 37 heavy (non-hydrogen) atoms. The van der Waals surface area contributed by atoms with Crippen molar-refractivity contribution < 1.29 is 4.79 Å². The van der Waals surface area contributed by atoms with Gasteiger partial charge in [-0.3, -0.25) is 4.79 Å². The number of carbonyl (C=O) groups is 1. The van der Waals surface area contributed by atoms with Crippen molar-refractivity contribution >= 4 is 11.7 Å². The summed E-state index contributed by atoms with van der Waals surface area (Å²) in [5.74, 6) is 1.57. The van der Waals surface area contributed by atoms with E-state index in [1.807, 2.05) is 48.2 Å². The lowest BCUT2D eigenvalue weighted by atomic mass is 9.96. The number of nitrogens with one attached hydrogen (secondary N) is 1. The van der Waals surface area contributed by atoms with Crippen LogP contribution in [0.25, 0.3) is 22.5 Å². The highest BCUT2D eigenvalue weighted by Gasteiger charge is 2.31. The fourth-order valence-corrected chi connectivity index (χ4v) is 4.84. The minimum absolute atomic E-state index is 0.145. The Morgan fingerprint density at radius 1 is 1.19 bits per heavy atom. The number of rotatable bonds is 7. The van der Waals surface area contributed by atoms with E-state index < -0.39 is 0 Å². The third-order valence-electron chi connectivity index (χ3n) is 7.16. The first-order valence-corrected chi connectivity index (χ1v) is 12.7. The Hall–Kier alpha value is -4.44. The first kappa shape index (κ1) is 23.0. The maximum atomic E-state index is 13.4. The summed E-state index contributed by atoms with van der Waals surface area (Å²) in [6.07, 6.45) is 13.9. The van der Waals surface area contributed by atoms with Crippen LogP contribution >= 0.6 is 0 Å². The minimum Gasteiger partial charge on any atom is -0.369 e.